The van der Waals surface area contributed by atoms with Crippen LogP contribution < -0.4 is 9.89 Å². The van der Waals surface area contributed by atoms with E-state index < -0.39 is 39.5 Å². The molecule has 170 valence electrons. The third kappa shape index (κ3) is 5.48. The molecule has 0 heterocycles. The molecule has 0 saturated carbocycles. The maximum absolute atomic E-state index is 14.1. The number of rotatable bonds is 8. The van der Waals surface area contributed by atoms with Crippen LogP contribution in [0.2, 0.25) is 0 Å². The van der Waals surface area contributed by atoms with Crippen LogP contribution in [0, 0.1) is 6.92 Å². The van der Waals surface area contributed by atoms with Crippen molar-refractivity contribution in [2.45, 2.75) is 23.9 Å². The van der Waals surface area contributed by atoms with E-state index in [9.17, 15) is 8.42 Å². The molecule has 2 unspecified atom stereocenters. The molecular formula is C27H26N2O2RuS. The van der Waals surface area contributed by atoms with Crippen LogP contribution in [0.5, 0.6) is 0 Å². The van der Waals surface area contributed by atoms with Gasteiger partial charge in [-0.1, -0.05) is 0 Å². The Morgan fingerprint density at radius 3 is 1.73 bits per heavy atom. The summed E-state index contributed by atoms with van der Waals surface area (Å²) in [5.74, 6) is 0. The molecule has 0 aliphatic heterocycles. The van der Waals surface area contributed by atoms with Crippen LogP contribution in [0.25, 0.3) is 0 Å². The van der Waals surface area contributed by atoms with E-state index in [4.69, 9.17) is 5.73 Å². The second-order valence-corrected chi connectivity index (χ2v) is 12.3. The summed E-state index contributed by atoms with van der Waals surface area (Å²) in [4.78, 5) is 0.277. The molecular weight excluding hydrogens is 517 g/mol. The fraction of sp³-hybridized carbons (Fsp3) is 0.111. The Bertz CT molecular complexity index is 1270. The first-order valence-electron chi connectivity index (χ1n) is 10.6. The zero-order chi connectivity index (χ0) is 23.3. The van der Waals surface area contributed by atoms with Crippen LogP contribution >= 0.6 is 0 Å². The standard InChI is InChI=1S/C21H21N2O2S.C6H5.Ru/c1-16-12-14-19(15-13-16)26(24,25)23-21(18-10-6-3-7-11-18)20(22)17-8-4-2-5-9-17;1-2-4-6-5-3-1;/h2-15,20-21H,22H2,1H3;1-5H;/q-1;;+1. The van der Waals surface area contributed by atoms with E-state index in [1.54, 1.807) is 15.2 Å². The first kappa shape index (κ1) is 23.5. The molecule has 0 aromatic heterocycles. The van der Waals surface area contributed by atoms with Crippen molar-refractivity contribution in [3.05, 3.63) is 132 Å². The first-order valence-corrected chi connectivity index (χ1v) is 13.7. The quantitative estimate of drug-likeness (QED) is 0.326. The summed E-state index contributed by atoms with van der Waals surface area (Å²) < 4.78 is 30.8. The minimum atomic E-state index is -3.82. The number of nitrogens with zero attached hydrogens (tertiary/aromatic N) is 1. The molecule has 0 bridgehead atoms. The van der Waals surface area contributed by atoms with Crippen molar-refractivity contribution in [3.8, 4) is 0 Å². The van der Waals surface area contributed by atoms with Gasteiger partial charge in [-0.3, -0.25) is 0 Å². The Morgan fingerprint density at radius 2 is 1.18 bits per heavy atom. The van der Waals surface area contributed by atoms with Crippen LogP contribution in [0.1, 0.15) is 28.8 Å². The molecule has 0 amide bonds. The van der Waals surface area contributed by atoms with Gasteiger partial charge in [0.25, 0.3) is 0 Å². The second-order valence-electron chi connectivity index (χ2n) is 7.70. The van der Waals surface area contributed by atoms with Crippen LogP contribution in [0.15, 0.2) is 120 Å². The van der Waals surface area contributed by atoms with Crippen LogP contribution in [0.4, 0.5) is 0 Å². The zero-order valence-corrected chi connectivity index (χ0v) is 20.8. The molecule has 2 atom stereocenters. The second kappa shape index (κ2) is 10.5. The summed E-state index contributed by atoms with van der Waals surface area (Å²) in [7, 11) is -3.82. The van der Waals surface area contributed by atoms with Crippen molar-refractivity contribution in [1.29, 1.82) is 0 Å². The Hall–Kier alpha value is -2.63. The zero-order valence-electron chi connectivity index (χ0n) is 18.2. The summed E-state index contributed by atoms with van der Waals surface area (Å²) in [6, 6.07) is 35.1. The SMILES string of the molecule is Cc1ccc(S(=O)(=O)[N]([Ru][c]2ccccc2)C(c2ccccc2)C(N)c2ccccc2)cc1. The van der Waals surface area contributed by atoms with Crippen molar-refractivity contribution in [1.82, 2.24) is 3.05 Å². The Balaban J connectivity index is 1.88. The summed E-state index contributed by atoms with van der Waals surface area (Å²) in [6.07, 6.45) is 0. The number of nitrogens with two attached hydrogens (primary N) is 1. The van der Waals surface area contributed by atoms with E-state index in [-0.39, 0.29) is 4.90 Å². The monoisotopic (exact) mass is 544 g/mol. The van der Waals surface area contributed by atoms with E-state index in [0.29, 0.717) is 0 Å². The molecule has 0 radical (unpaired) electrons. The summed E-state index contributed by atoms with van der Waals surface area (Å²) in [5, 5.41) is 0. The number of benzene rings is 4. The fourth-order valence-electron chi connectivity index (χ4n) is 3.55. The molecule has 33 heavy (non-hydrogen) atoms. The molecule has 4 nitrogen and oxygen atoms in total. The van der Waals surface area contributed by atoms with Crippen molar-refractivity contribution in [3.63, 3.8) is 0 Å². The van der Waals surface area contributed by atoms with Crippen molar-refractivity contribution in [2.75, 3.05) is 0 Å². The van der Waals surface area contributed by atoms with Gasteiger partial charge in [-0.05, 0) is 0 Å². The van der Waals surface area contributed by atoms with Gasteiger partial charge in [-0.2, -0.15) is 0 Å². The summed E-state index contributed by atoms with van der Waals surface area (Å²) in [5.41, 5.74) is 9.61. The van der Waals surface area contributed by atoms with Gasteiger partial charge in [-0.15, -0.1) is 0 Å². The summed E-state index contributed by atoms with van der Waals surface area (Å²) >= 11 is -0.853. The van der Waals surface area contributed by atoms with Crippen LogP contribution in [-0.4, -0.2) is 11.5 Å². The average Bonchev–Trinajstić information content (AvgIpc) is 2.85. The van der Waals surface area contributed by atoms with Crippen molar-refractivity contribution in [2.24, 2.45) is 5.73 Å². The molecule has 0 saturated heterocycles. The predicted octanol–water partition coefficient (Wildman–Crippen LogP) is 4.75. The molecule has 6 heteroatoms. The summed E-state index contributed by atoms with van der Waals surface area (Å²) in [6.45, 7) is 1.95. The fourth-order valence-corrected chi connectivity index (χ4v) is 8.30. The topological polar surface area (TPSA) is 63.4 Å². The van der Waals surface area contributed by atoms with Gasteiger partial charge >= 0.3 is 205 Å². The third-order valence-corrected chi connectivity index (χ3v) is 10.4. The Morgan fingerprint density at radius 1 is 0.697 bits per heavy atom. The van der Waals surface area contributed by atoms with Gasteiger partial charge in [0.1, 0.15) is 0 Å². The number of hydrogen-bond donors (Lipinski definition) is 1. The normalized spacial score (nSPS) is 13.7. The van der Waals surface area contributed by atoms with Gasteiger partial charge in [0, 0.05) is 0 Å². The molecule has 0 aliphatic carbocycles. The van der Waals surface area contributed by atoms with E-state index >= 15 is 0 Å². The molecule has 4 aromatic carbocycles. The molecule has 2 N–H and O–H groups in total. The predicted molar refractivity (Wildman–Crippen MR) is 129 cm³/mol. The molecule has 0 aliphatic rings. The van der Waals surface area contributed by atoms with E-state index in [2.05, 4.69) is 0 Å². The minimum absolute atomic E-state index is 0.277. The van der Waals surface area contributed by atoms with E-state index in [1.807, 2.05) is 110 Å². The van der Waals surface area contributed by atoms with Crippen LogP contribution in [0.3, 0.4) is 0 Å². The van der Waals surface area contributed by atoms with Gasteiger partial charge in [0.05, 0.1) is 0 Å². The average molecular weight is 544 g/mol. The first-order chi connectivity index (χ1) is 16.0. The molecule has 4 rings (SSSR count). The molecule has 0 spiro atoms. The van der Waals surface area contributed by atoms with Gasteiger partial charge in [0.15, 0.2) is 0 Å². The van der Waals surface area contributed by atoms with Crippen molar-refractivity contribution < 1.29 is 25.8 Å². The van der Waals surface area contributed by atoms with Gasteiger partial charge in [0.2, 0.25) is 0 Å². The third-order valence-electron chi connectivity index (χ3n) is 5.31. The van der Waals surface area contributed by atoms with Gasteiger partial charge in [-0.25, -0.2) is 0 Å². The van der Waals surface area contributed by atoms with Crippen molar-refractivity contribution >= 4 is 14.2 Å². The number of sulfonamides is 1. The number of hydrogen-bond acceptors (Lipinski definition) is 3. The molecule has 4 aromatic rings. The van der Waals surface area contributed by atoms with Crippen LogP contribution in [-0.2, 0) is 27.4 Å². The Labute approximate surface area is 204 Å². The molecule has 0 fully saturated rings. The number of aryl methyl sites for hydroxylation is 1. The Kier molecular flexibility index (Phi) is 7.51. The van der Waals surface area contributed by atoms with Gasteiger partial charge < -0.3 is 0 Å². The maximum atomic E-state index is 14.1. The van der Waals surface area contributed by atoms with E-state index in [0.717, 1.165) is 20.8 Å². The van der Waals surface area contributed by atoms with E-state index in [1.165, 1.54) is 0 Å².